The van der Waals surface area contributed by atoms with Gasteiger partial charge in [-0.15, -0.1) is 0 Å². The maximum atomic E-state index is 5.27. The van der Waals surface area contributed by atoms with E-state index in [1.165, 1.54) is 23.1 Å². The van der Waals surface area contributed by atoms with Crippen molar-refractivity contribution in [2.75, 3.05) is 7.05 Å². The van der Waals surface area contributed by atoms with Crippen LogP contribution in [0.3, 0.4) is 0 Å². The van der Waals surface area contributed by atoms with Crippen LogP contribution in [-0.2, 0) is 13.1 Å². The lowest BCUT2D eigenvalue weighted by atomic mass is 9.99. The fourth-order valence-corrected chi connectivity index (χ4v) is 2.64. The molecule has 0 radical (unpaired) electrons. The van der Waals surface area contributed by atoms with Crippen LogP contribution < -0.4 is 0 Å². The van der Waals surface area contributed by atoms with E-state index < -0.39 is 0 Å². The standard InChI is InChI=1S/C19H20N2O/c1-15-19(20-14-22-15)13-21(2)12-17-10-6-7-11-18(17)16-8-4-3-5-9-16/h3-11,14H,12-13H2,1-2H3. The highest BCUT2D eigenvalue weighted by molar-refractivity contribution is 5.67. The molecule has 0 saturated carbocycles. The number of nitrogens with zero attached hydrogens (tertiary/aromatic N) is 2. The number of hydrogen-bond donors (Lipinski definition) is 0. The lowest BCUT2D eigenvalue weighted by molar-refractivity contribution is 0.314. The van der Waals surface area contributed by atoms with Crippen molar-refractivity contribution in [2.45, 2.75) is 20.0 Å². The van der Waals surface area contributed by atoms with Gasteiger partial charge in [-0.25, -0.2) is 4.98 Å². The zero-order valence-corrected chi connectivity index (χ0v) is 13.0. The Balaban J connectivity index is 1.79. The SMILES string of the molecule is Cc1ocnc1CN(C)Cc1ccccc1-c1ccccc1. The Hall–Kier alpha value is -2.39. The Morgan fingerprint density at radius 2 is 1.68 bits per heavy atom. The van der Waals surface area contributed by atoms with Crippen molar-refractivity contribution in [1.82, 2.24) is 9.88 Å². The quantitative estimate of drug-likeness (QED) is 0.703. The van der Waals surface area contributed by atoms with Crippen LogP contribution in [0.15, 0.2) is 65.4 Å². The van der Waals surface area contributed by atoms with E-state index >= 15 is 0 Å². The Bertz CT molecular complexity index is 734. The molecule has 3 rings (SSSR count). The molecule has 0 atom stereocenters. The second kappa shape index (κ2) is 6.58. The highest BCUT2D eigenvalue weighted by Crippen LogP contribution is 2.24. The van der Waals surface area contributed by atoms with Crippen molar-refractivity contribution in [2.24, 2.45) is 0 Å². The van der Waals surface area contributed by atoms with Gasteiger partial charge in [-0.05, 0) is 30.7 Å². The molecular formula is C19H20N2O. The molecule has 0 aliphatic carbocycles. The molecule has 0 fully saturated rings. The van der Waals surface area contributed by atoms with Gasteiger partial charge in [-0.3, -0.25) is 4.90 Å². The van der Waals surface area contributed by atoms with Crippen LogP contribution in [-0.4, -0.2) is 16.9 Å². The smallest absolute Gasteiger partial charge is 0.181 e. The molecule has 3 heteroatoms. The molecule has 0 saturated heterocycles. The Labute approximate surface area is 131 Å². The van der Waals surface area contributed by atoms with Crippen LogP contribution in [0, 0.1) is 6.92 Å². The van der Waals surface area contributed by atoms with Crippen LogP contribution in [0.4, 0.5) is 0 Å². The molecule has 0 aliphatic rings. The van der Waals surface area contributed by atoms with E-state index in [2.05, 4.69) is 65.5 Å². The number of benzene rings is 2. The highest BCUT2D eigenvalue weighted by Gasteiger charge is 2.10. The summed E-state index contributed by atoms with van der Waals surface area (Å²) in [6.07, 6.45) is 1.51. The van der Waals surface area contributed by atoms with E-state index in [-0.39, 0.29) is 0 Å². The molecule has 2 aromatic carbocycles. The number of rotatable bonds is 5. The number of aromatic nitrogens is 1. The number of oxazole rings is 1. The van der Waals surface area contributed by atoms with Gasteiger partial charge in [0.1, 0.15) is 5.76 Å². The van der Waals surface area contributed by atoms with Gasteiger partial charge in [-0.1, -0.05) is 54.6 Å². The van der Waals surface area contributed by atoms with E-state index in [0.29, 0.717) is 0 Å². The van der Waals surface area contributed by atoms with Crippen molar-refractivity contribution in [3.8, 4) is 11.1 Å². The molecule has 0 aliphatic heterocycles. The Kier molecular flexibility index (Phi) is 4.35. The molecule has 22 heavy (non-hydrogen) atoms. The molecule has 3 aromatic rings. The van der Waals surface area contributed by atoms with Gasteiger partial charge in [0.15, 0.2) is 6.39 Å². The molecule has 1 heterocycles. The Morgan fingerprint density at radius 1 is 0.955 bits per heavy atom. The Morgan fingerprint density at radius 3 is 2.41 bits per heavy atom. The molecule has 0 unspecified atom stereocenters. The normalized spacial score (nSPS) is 11.0. The molecule has 112 valence electrons. The van der Waals surface area contributed by atoms with Gasteiger partial charge >= 0.3 is 0 Å². The average molecular weight is 292 g/mol. The van der Waals surface area contributed by atoms with Crippen molar-refractivity contribution in [1.29, 1.82) is 0 Å². The van der Waals surface area contributed by atoms with Crippen molar-refractivity contribution in [3.63, 3.8) is 0 Å². The molecular weight excluding hydrogens is 272 g/mol. The minimum atomic E-state index is 0.783. The van der Waals surface area contributed by atoms with Gasteiger partial charge in [0, 0.05) is 13.1 Å². The molecule has 0 amide bonds. The number of aryl methyl sites for hydroxylation is 1. The zero-order valence-electron chi connectivity index (χ0n) is 13.0. The van der Waals surface area contributed by atoms with Gasteiger partial charge in [0.25, 0.3) is 0 Å². The summed E-state index contributed by atoms with van der Waals surface area (Å²) in [5.74, 6) is 0.892. The summed E-state index contributed by atoms with van der Waals surface area (Å²) in [5, 5.41) is 0. The highest BCUT2D eigenvalue weighted by atomic mass is 16.3. The summed E-state index contributed by atoms with van der Waals surface area (Å²) < 4.78 is 5.27. The summed E-state index contributed by atoms with van der Waals surface area (Å²) in [7, 11) is 2.11. The van der Waals surface area contributed by atoms with E-state index in [1.54, 1.807) is 0 Å². The maximum Gasteiger partial charge on any atom is 0.181 e. The van der Waals surface area contributed by atoms with Gasteiger partial charge in [0.05, 0.1) is 5.69 Å². The third-order valence-corrected chi connectivity index (χ3v) is 3.81. The second-order valence-corrected chi connectivity index (χ2v) is 5.55. The van der Waals surface area contributed by atoms with Gasteiger partial charge < -0.3 is 4.42 Å². The maximum absolute atomic E-state index is 5.27. The lowest BCUT2D eigenvalue weighted by Gasteiger charge is -2.18. The molecule has 1 aromatic heterocycles. The second-order valence-electron chi connectivity index (χ2n) is 5.55. The molecule has 0 spiro atoms. The zero-order chi connectivity index (χ0) is 15.4. The first-order chi connectivity index (χ1) is 10.7. The van der Waals surface area contributed by atoms with Crippen LogP contribution >= 0.6 is 0 Å². The largest absolute Gasteiger partial charge is 0.448 e. The van der Waals surface area contributed by atoms with Crippen LogP contribution in [0.25, 0.3) is 11.1 Å². The predicted octanol–water partition coefficient (Wildman–Crippen LogP) is 4.28. The fraction of sp³-hybridized carbons (Fsp3) is 0.211. The van der Waals surface area contributed by atoms with Gasteiger partial charge in [-0.2, -0.15) is 0 Å². The third-order valence-electron chi connectivity index (χ3n) is 3.81. The molecule has 0 N–H and O–H groups in total. The van der Waals surface area contributed by atoms with Gasteiger partial charge in [0.2, 0.25) is 0 Å². The minimum absolute atomic E-state index is 0.783. The number of hydrogen-bond acceptors (Lipinski definition) is 3. The monoisotopic (exact) mass is 292 g/mol. The van der Waals surface area contributed by atoms with Crippen molar-refractivity contribution < 1.29 is 4.42 Å². The topological polar surface area (TPSA) is 29.3 Å². The van der Waals surface area contributed by atoms with Crippen molar-refractivity contribution >= 4 is 0 Å². The van der Waals surface area contributed by atoms with E-state index in [4.69, 9.17) is 4.42 Å². The third kappa shape index (κ3) is 3.26. The van der Waals surface area contributed by atoms with E-state index in [0.717, 1.165) is 24.5 Å². The lowest BCUT2D eigenvalue weighted by Crippen LogP contribution is -2.18. The summed E-state index contributed by atoms with van der Waals surface area (Å²) in [6.45, 7) is 3.61. The summed E-state index contributed by atoms with van der Waals surface area (Å²) in [4.78, 5) is 6.53. The van der Waals surface area contributed by atoms with Crippen LogP contribution in [0.1, 0.15) is 17.0 Å². The van der Waals surface area contributed by atoms with Crippen LogP contribution in [0.2, 0.25) is 0 Å². The average Bonchev–Trinajstić information content (AvgIpc) is 2.94. The van der Waals surface area contributed by atoms with Crippen LogP contribution in [0.5, 0.6) is 0 Å². The minimum Gasteiger partial charge on any atom is -0.448 e. The summed E-state index contributed by atoms with van der Waals surface area (Å²) in [5.41, 5.74) is 4.85. The molecule has 0 bridgehead atoms. The van der Waals surface area contributed by atoms with E-state index in [9.17, 15) is 0 Å². The van der Waals surface area contributed by atoms with Crippen molar-refractivity contribution in [3.05, 3.63) is 78.0 Å². The predicted molar refractivity (Wildman–Crippen MR) is 88.3 cm³/mol. The first-order valence-electron chi connectivity index (χ1n) is 7.45. The first-order valence-corrected chi connectivity index (χ1v) is 7.45. The van der Waals surface area contributed by atoms with E-state index in [1.807, 2.05) is 13.0 Å². The summed E-state index contributed by atoms with van der Waals surface area (Å²) in [6, 6.07) is 19.1. The molecule has 3 nitrogen and oxygen atoms in total. The summed E-state index contributed by atoms with van der Waals surface area (Å²) >= 11 is 0. The first kappa shape index (κ1) is 14.5. The fourth-order valence-electron chi connectivity index (χ4n) is 2.64.